The number of benzene rings is 1. The summed E-state index contributed by atoms with van der Waals surface area (Å²) in [6, 6.07) is 5.37. The van der Waals surface area contributed by atoms with E-state index < -0.39 is 7.12 Å². The molecule has 1 aliphatic carbocycles. The van der Waals surface area contributed by atoms with Gasteiger partial charge in [-0.05, 0) is 30.4 Å². The summed E-state index contributed by atoms with van der Waals surface area (Å²) in [7, 11) is -0.0104. The van der Waals surface area contributed by atoms with E-state index in [1.807, 2.05) is 6.07 Å². The molecule has 110 valence electrons. The van der Waals surface area contributed by atoms with Gasteiger partial charge >= 0.3 is 7.12 Å². The van der Waals surface area contributed by atoms with Crippen LogP contribution in [0.3, 0.4) is 0 Å². The Bertz CT molecular complexity index is 416. The van der Waals surface area contributed by atoms with E-state index in [4.69, 9.17) is 9.47 Å². The molecule has 0 amide bonds. The van der Waals surface area contributed by atoms with Gasteiger partial charge in [-0.1, -0.05) is 31.4 Å². The van der Waals surface area contributed by atoms with Crippen molar-refractivity contribution >= 4 is 12.6 Å². The van der Waals surface area contributed by atoms with Crippen LogP contribution in [0.1, 0.15) is 37.7 Å². The zero-order valence-electron chi connectivity index (χ0n) is 12.0. The van der Waals surface area contributed by atoms with Gasteiger partial charge in [0, 0.05) is 12.1 Å². The van der Waals surface area contributed by atoms with Crippen molar-refractivity contribution in [2.75, 3.05) is 13.7 Å². The van der Waals surface area contributed by atoms with Gasteiger partial charge in [-0.2, -0.15) is 0 Å². The zero-order valence-corrected chi connectivity index (χ0v) is 12.0. The van der Waals surface area contributed by atoms with Crippen LogP contribution in [0.4, 0.5) is 0 Å². The van der Waals surface area contributed by atoms with Gasteiger partial charge in [0.05, 0.1) is 13.7 Å². The first-order valence-corrected chi connectivity index (χ1v) is 7.31. The van der Waals surface area contributed by atoms with E-state index >= 15 is 0 Å². The summed E-state index contributed by atoms with van der Waals surface area (Å²) < 4.78 is 10.9. The average Bonchev–Trinajstić information content (AvgIpc) is 2.48. The summed E-state index contributed by atoms with van der Waals surface area (Å²) in [5.74, 6) is 1.17. The summed E-state index contributed by atoms with van der Waals surface area (Å²) in [5.41, 5.74) is 1.32. The van der Waals surface area contributed by atoms with Crippen molar-refractivity contribution < 1.29 is 19.5 Å². The van der Waals surface area contributed by atoms with Crippen LogP contribution >= 0.6 is 0 Å². The van der Waals surface area contributed by atoms with Gasteiger partial charge in [0.15, 0.2) is 0 Å². The molecular weight excluding hydrogens is 255 g/mol. The number of methoxy groups -OCH3 is 1. The lowest BCUT2D eigenvalue weighted by Gasteiger charge is -2.21. The van der Waals surface area contributed by atoms with Gasteiger partial charge in [-0.3, -0.25) is 0 Å². The summed E-state index contributed by atoms with van der Waals surface area (Å²) in [6.07, 6.45) is 6.52. The molecule has 1 aromatic carbocycles. The molecule has 0 bridgehead atoms. The van der Waals surface area contributed by atoms with Gasteiger partial charge in [-0.25, -0.2) is 0 Å². The first kappa shape index (κ1) is 15.4. The SMILES string of the molecule is COc1ccc(COCC2CCCCC2)cc1B(O)O. The first-order chi connectivity index (χ1) is 9.70. The maximum absolute atomic E-state index is 9.32. The summed E-state index contributed by atoms with van der Waals surface area (Å²) in [4.78, 5) is 0. The van der Waals surface area contributed by atoms with Crippen LogP contribution in [0, 0.1) is 5.92 Å². The third kappa shape index (κ3) is 4.23. The van der Waals surface area contributed by atoms with Crippen LogP contribution in [-0.2, 0) is 11.3 Å². The third-order valence-electron chi connectivity index (χ3n) is 3.92. The highest BCUT2D eigenvalue weighted by atomic mass is 16.5. The molecule has 20 heavy (non-hydrogen) atoms. The lowest BCUT2D eigenvalue weighted by Crippen LogP contribution is -2.31. The highest BCUT2D eigenvalue weighted by Gasteiger charge is 2.18. The van der Waals surface area contributed by atoms with E-state index in [0.717, 1.165) is 12.2 Å². The lowest BCUT2D eigenvalue weighted by atomic mass is 9.79. The Kier molecular flexibility index (Phi) is 5.89. The fourth-order valence-corrected chi connectivity index (χ4v) is 2.77. The van der Waals surface area contributed by atoms with Crippen molar-refractivity contribution in [2.45, 2.75) is 38.7 Å². The second kappa shape index (κ2) is 7.67. The number of rotatable bonds is 6. The standard InChI is InChI=1S/C15H23BO4/c1-19-15-8-7-13(9-14(15)16(17)18)11-20-10-12-5-3-2-4-6-12/h7-9,12,17-18H,2-6,10-11H2,1H3. The molecule has 5 heteroatoms. The topological polar surface area (TPSA) is 58.9 Å². The fraction of sp³-hybridized carbons (Fsp3) is 0.600. The minimum absolute atomic E-state index is 0.381. The minimum atomic E-state index is -1.52. The van der Waals surface area contributed by atoms with E-state index in [9.17, 15) is 10.0 Å². The predicted molar refractivity (Wildman–Crippen MR) is 79.1 cm³/mol. The van der Waals surface area contributed by atoms with E-state index in [0.29, 0.717) is 23.7 Å². The Labute approximate surface area is 120 Å². The summed E-state index contributed by atoms with van der Waals surface area (Å²) in [6.45, 7) is 1.29. The Hall–Kier alpha value is -1.04. The molecule has 1 aromatic rings. The molecule has 0 saturated heterocycles. The molecule has 0 aromatic heterocycles. The van der Waals surface area contributed by atoms with Gasteiger partial charge in [0.1, 0.15) is 5.75 Å². The monoisotopic (exact) mass is 278 g/mol. The summed E-state index contributed by atoms with van der Waals surface area (Å²) in [5, 5.41) is 18.6. The molecule has 0 aliphatic heterocycles. The predicted octanol–water partition coefficient (Wildman–Crippen LogP) is 1.47. The Morgan fingerprint density at radius 3 is 2.60 bits per heavy atom. The molecule has 0 atom stereocenters. The second-order valence-electron chi connectivity index (χ2n) is 5.47. The van der Waals surface area contributed by atoms with Crippen molar-refractivity contribution in [1.29, 1.82) is 0 Å². The quantitative estimate of drug-likeness (QED) is 0.774. The fourth-order valence-electron chi connectivity index (χ4n) is 2.77. The average molecular weight is 278 g/mol. The largest absolute Gasteiger partial charge is 0.497 e. The number of ether oxygens (including phenoxy) is 2. The molecule has 1 saturated carbocycles. The van der Waals surface area contributed by atoms with Crippen molar-refractivity contribution in [1.82, 2.24) is 0 Å². The maximum atomic E-state index is 9.32. The molecule has 1 fully saturated rings. The van der Waals surface area contributed by atoms with E-state index in [2.05, 4.69) is 0 Å². The Balaban J connectivity index is 1.87. The third-order valence-corrected chi connectivity index (χ3v) is 3.92. The molecule has 0 spiro atoms. The van der Waals surface area contributed by atoms with Gasteiger partial charge in [-0.15, -0.1) is 0 Å². The lowest BCUT2D eigenvalue weighted by molar-refractivity contribution is 0.0739. The van der Waals surface area contributed by atoms with Crippen molar-refractivity contribution in [3.63, 3.8) is 0 Å². The van der Waals surface area contributed by atoms with Crippen molar-refractivity contribution in [2.24, 2.45) is 5.92 Å². The molecule has 0 unspecified atom stereocenters. The van der Waals surface area contributed by atoms with Gasteiger partial charge in [0.25, 0.3) is 0 Å². The molecule has 2 rings (SSSR count). The second-order valence-corrected chi connectivity index (χ2v) is 5.47. The van der Waals surface area contributed by atoms with Crippen LogP contribution in [0.15, 0.2) is 18.2 Å². The maximum Gasteiger partial charge on any atom is 0.492 e. The highest BCUT2D eigenvalue weighted by molar-refractivity contribution is 6.59. The highest BCUT2D eigenvalue weighted by Crippen LogP contribution is 2.24. The molecule has 4 nitrogen and oxygen atoms in total. The molecular formula is C15H23BO4. The van der Waals surface area contributed by atoms with Crippen molar-refractivity contribution in [3.05, 3.63) is 23.8 Å². The zero-order chi connectivity index (χ0) is 14.4. The molecule has 0 radical (unpaired) electrons. The van der Waals surface area contributed by atoms with Crippen LogP contribution < -0.4 is 10.2 Å². The minimum Gasteiger partial charge on any atom is -0.497 e. The van der Waals surface area contributed by atoms with Gasteiger partial charge in [0.2, 0.25) is 0 Å². The van der Waals surface area contributed by atoms with E-state index in [-0.39, 0.29) is 0 Å². The number of hydrogen-bond acceptors (Lipinski definition) is 4. The van der Waals surface area contributed by atoms with Crippen LogP contribution in [-0.4, -0.2) is 30.9 Å². The molecule has 1 aliphatic rings. The first-order valence-electron chi connectivity index (χ1n) is 7.31. The Morgan fingerprint density at radius 2 is 1.95 bits per heavy atom. The molecule has 0 heterocycles. The smallest absolute Gasteiger partial charge is 0.492 e. The van der Waals surface area contributed by atoms with E-state index in [1.165, 1.54) is 39.2 Å². The van der Waals surface area contributed by atoms with Crippen LogP contribution in [0.5, 0.6) is 5.75 Å². The van der Waals surface area contributed by atoms with Crippen LogP contribution in [0.25, 0.3) is 0 Å². The summed E-state index contributed by atoms with van der Waals surface area (Å²) >= 11 is 0. The van der Waals surface area contributed by atoms with Crippen molar-refractivity contribution in [3.8, 4) is 5.75 Å². The van der Waals surface area contributed by atoms with E-state index in [1.54, 1.807) is 12.1 Å². The normalized spacial score (nSPS) is 16.1. The molecule has 2 N–H and O–H groups in total. The Morgan fingerprint density at radius 1 is 1.20 bits per heavy atom. The number of hydrogen-bond donors (Lipinski definition) is 2. The van der Waals surface area contributed by atoms with Crippen LogP contribution in [0.2, 0.25) is 0 Å². The van der Waals surface area contributed by atoms with Gasteiger partial charge < -0.3 is 19.5 Å².